The number of aliphatic hydroxyl groups excluding tert-OH is 1. The summed E-state index contributed by atoms with van der Waals surface area (Å²) in [5.41, 5.74) is 1.64. The molecule has 3 N–H and O–H groups in total. The zero-order valence-corrected chi connectivity index (χ0v) is 23.4. The fourth-order valence-electron chi connectivity index (χ4n) is 7.12. The first-order valence-electron chi connectivity index (χ1n) is 14.2. The van der Waals surface area contributed by atoms with Crippen LogP contribution in [0, 0.1) is 17.0 Å². The Labute approximate surface area is 242 Å². The first kappa shape index (κ1) is 28.0. The lowest BCUT2D eigenvalue weighted by Gasteiger charge is -2.48. The molecule has 0 saturated carbocycles. The fourth-order valence-corrected chi connectivity index (χ4v) is 7.12. The van der Waals surface area contributed by atoms with E-state index in [-0.39, 0.29) is 24.4 Å². The van der Waals surface area contributed by atoms with Crippen molar-refractivity contribution in [2.45, 2.75) is 63.5 Å². The number of carbonyl (C=O) groups excluding carboxylic acids is 3. The van der Waals surface area contributed by atoms with Gasteiger partial charge in [-0.1, -0.05) is 26.0 Å². The van der Waals surface area contributed by atoms with Gasteiger partial charge in [-0.05, 0) is 79.1 Å². The molecule has 1 aromatic heterocycles. The highest BCUT2D eigenvalue weighted by atomic mass is 19.1. The molecule has 1 saturated heterocycles. The average Bonchev–Trinajstić information content (AvgIpc) is 3.47. The van der Waals surface area contributed by atoms with E-state index in [1.807, 2.05) is 24.3 Å². The van der Waals surface area contributed by atoms with Crippen molar-refractivity contribution in [2.24, 2.45) is 5.41 Å². The molecule has 0 radical (unpaired) electrons. The molecular formula is C32H32F2N4O4. The Kier molecular flexibility index (Phi) is 6.84. The number of aliphatic hydroxyl groups is 1. The van der Waals surface area contributed by atoms with Gasteiger partial charge in [-0.2, -0.15) is 0 Å². The van der Waals surface area contributed by atoms with Crippen molar-refractivity contribution < 1.29 is 28.3 Å². The summed E-state index contributed by atoms with van der Waals surface area (Å²) in [5.74, 6) is -2.04. The topological polar surface area (TPSA) is 112 Å². The van der Waals surface area contributed by atoms with Crippen LogP contribution in [-0.4, -0.2) is 45.4 Å². The van der Waals surface area contributed by atoms with Crippen LogP contribution in [0.4, 0.5) is 20.3 Å². The Morgan fingerprint density at radius 1 is 1.07 bits per heavy atom. The van der Waals surface area contributed by atoms with Gasteiger partial charge in [-0.3, -0.25) is 14.4 Å². The number of aromatic nitrogens is 1. The third kappa shape index (κ3) is 4.36. The molecule has 1 spiro atoms. The Morgan fingerprint density at radius 2 is 1.79 bits per heavy atom. The summed E-state index contributed by atoms with van der Waals surface area (Å²) < 4.78 is 28.3. The average molecular weight is 575 g/mol. The summed E-state index contributed by atoms with van der Waals surface area (Å²) >= 11 is 0. The fraction of sp³-hybridized carbons (Fsp3) is 0.375. The second-order valence-electron chi connectivity index (χ2n) is 11.6. The van der Waals surface area contributed by atoms with Crippen LogP contribution in [0.1, 0.15) is 61.4 Å². The van der Waals surface area contributed by atoms with E-state index < -0.39 is 46.4 Å². The number of benzene rings is 2. The van der Waals surface area contributed by atoms with Crippen molar-refractivity contribution in [1.29, 1.82) is 0 Å². The van der Waals surface area contributed by atoms with Gasteiger partial charge in [0.1, 0.15) is 24.0 Å². The number of rotatable bonds is 6. The van der Waals surface area contributed by atoms with Crippen LogP contribution in [0.2, 0.25) is 0 Å². The molecule has 1 aliphatic carbocycles. The molecule has 2 aromatic carbocycles. The van der Waals surface area contributed by atoms with E-state index in [4.69, 9.17) is 0 Å². The van der Waals surface area contributed by atoms with Crippen LogP contribution in [0.3, 0.4) is 0 Å². The summed E-state index contributed by atoms with van der Waals surface area (Å²) in [6.07, 6.45) is 2.34. The maximum atomic E-state index is 14.2. The molecule has 0 unspecified atom stereocenters. The number of hydrogen-bond acceptors (Lipinski definition) is 5. The Bertz CT molecular complexity index is 1590. The number of halogens is 2. The van der Waals surface area contributed by atoms with E-state index in [2.05, 4.69) is 15.6 Å². The molecule has 6 rings (SSSR count). The van der Waals surface area contributed by atoms with Gasteiger partial charge in [0.15, 0.2) is 0 Å². The largest absolute Gasteiger partial charge is 0.392 e. The van der Waals surface area contributed by atoms with E-state index >= 15 is 0 Å². The van der Waals surface area contributed by atoms with Crippen molar-refractivity contribution in [3.05, 3.63) is 88.6 Å². The minimum Gasteiger partial charge on any atom is -0.392 e. The molecule has 218 valence electrons. The number of anilines is 2. The van der Waals surface area contributed by atoms with Gasteiger partial charge < -0.3 is 20.6 Å². The molecule has 3 heterocycles. The molecule has 3 aromatic rings. The summed E-state index contributed by atoms with van der Waals surface area (Å²) in [7, 11) is 0. The number of nitrogens with one attached hydrogen (secondary N) is 2. The van der Waals surface area contributed by atoms with Gasteiger partial charge in [0.2, 0.25) is 17.7 Å². The number of nitrogens with zero attached hydrogens (tertiary/aromatic N) is 2. The minimum atomic E-state index is -1.10. The Morgan fingerprint density at radius 3 is 2.50 bits per heavy atom. The zero-order valence-electron chi connectivity index (χ0n) is 23.4. The van der Waals surface area contributed by atoms with E-state index in [0.29, 0.717) is 37.2 Å². The summed E-state index contributed by atoms with van der Waals surface area (Å²) in [6.45, 7) is 3.25. The Balaban J connectivity index is 1.25. The quantitative estimate of drug-likeness (QED) is 0.404. The molecule has 2 aliphatic heterocycles. The normalized spacial score (nSPS) is 24.0. The maximum absolute atomic E-state index is 14.2. The minimum absolute atomic E-state index is 0.0446. The number of fused-ring (bicyclic) bond motifs is 3. The molecule has 1 fully saturated rings. The van der Waals surface area contributed by atoms with E-state index in [1.54, 1.807) is 26.1 Å². The molecule has 3 amide bonds. The van der Waals surface area contributed by atoms with Crippen LogP contribution in [0.25, 0.3) is 0 Å². The SMILES string of the molecule is CCC1(CC)C(=O)N(CC(=O)Nc2ccc3c(c2)C[C@@]2(C3)C(=O)Nc3ncccc32)[C@H](c2cc(F)cc(F)c2)C[C@H]1O. The standard InChI is InChI=1S/C32H32F2N4O4/c1-3-31(4-2)26(39)14-25(19-10-21(33)13-22(34)11-19)38(30(31)42)17-27(40)36-23-8-7-18-15-32(16-20(18)12-23)24-6-5-9-35-28(24)37-29(32)41/h5-13,25-26,39H,3-4,14-17H2,1-2H3,(H,36,40)(H,35,37,41)/t25-,26+,32+/m0/s1. The van der Waals surface area contributed by atoms with Crippen molar-refractivity contribution in [3.63, 3.8) is 0 Å². The van der Waals surface area contributed by atoms with Crippen molar-refractivity contribution in [1.82, 2.24) is 9.88 Å². The van der Waals surface area contributed by atoms with Crippen molar-refractivity contribution >= 4 is 29.2 Å². The molecule has 42 heavy (non-hydrogen) atoms. The lowest BCUT2D eigenvalue weighted by Crippen LogP contribution is -2.58. The summed E-state index contributed by atoms with van der Waals surface area (Å²) in [5, 5.41) is 16.8. The van der Waals surface area contributed by atoms with Crippen LogP contribution < -0.4 is 10.6 Å². The number of amides is 3. The lowest BCUT2D eigenvalue weighted by molar-refractivity contribution is -0.165. The number of piperidine rings is 1. The van der Waals surface area contributed by atoms with Gasteiger partial charge in [0, 0.05) is 23.5 Å². The first-order valence-corrected chi connectivity index (χ1v) is 14.2. The third-order valence-corrected chi connectivity index (χ3v) is 9.46. The lowest BCUT2D eigenvalue weighted by atomic mass is 9.69. The summed E-state index contributed by atoms with van der Waals surface area (Å²) in [4.78, 5) is 45.9. The molecule has 0 bridgehead atoms. The van der Waals surface area contributed by atoms with Crippen LogP contribution in [0.5, 0.6) is 0 Å². The highest BCUT2D eigenvalue weighted by molar-refractivity contribution is 6.06. The maximum Gasteiger partial charge on any atom is 0.244 e. The van der Waals surface area contributed by atoms with Gasteiger partial charge in [-0.25, -0.2) is 13.8 Å². The first-order chi connectivity index (χ1) is 20.1. The number of hydrogen-bond donors (Lipinski definition) is 3. The molecule has 8 nitrogen and oxygen atoms in total. The highest BCUT2D eigenvalue weighted by Crippen LogP contribution is 2.47. The van der Waals surface area contributed by atoms with Crippen molar-refractivity contribution in [3.8, 4) is 0 Å². The highest BCUT2D eigenvalue weighted by Gasteiger charge is 2.52. The number of likely N-dealkylation sites (tertiary alicyclic amines) is 1. The number of carbonyl (C=O) groups is 3. The van der Waals surface area contributed by atoms with Gasteiger partial charge in [0.05, 0.1) is 23.0 Å². The third-order valence-electron chi connectivity index (χ3n) is 9.46. The van der Waals surface area contributed by atoms with Crippen LogP contribution in [0.15, 0.2) is 54.7 Å². The molecule has 3 atom stereocenters. The van der Waals surface area contributed by atoms with Gasteiger partial charge in [0.25, 0.3) is 0 Å². The smallest absolute Gasteiger partial charge is 0.244 e. The molecule has 3 aliphatic rings. The monoisotopic (exact) mass is 574 g/mol. The predicted molar refractivity (Wildman–Crippen MR) is 151 cm³/mol. The second kappa shape index (κ2) is 10.3. The zero-order chi connectivity index (χ0) is 29.8. The van der Waals surface area contributed by atoms with E-state index in [9.17, 15) is 28.3 Å². The van der Waals surface area contributed by atoms with Gasteiger partial charge in [-0.15, -0.1) is 0 Å². The summed E-state index contributed by atoms with van der Waals surface area (Å²) in [6, 6.07) is 11.3. The predicted octanol–water partition coefficient (Wildman–Crippen LogP) is 4.43. The molecular weight excluding hydrogens is 542 g/mol. The van der Waals surface area contributed by atoms with Crippen LogP contribution in [-0.2, 0) is 32.6 Å². The molecule has 10 heteroatoms. The van der Waals surface area contributed by atoms with E-state index in [0.717, 1.165) is 34.9 Å². The Hall–Kier alpha value is -4.18. The van der Waals surface area contributed by atoms with E-state index in [1.165, 1.54) is 4.90 Å². The van der Waals surface area contributed by atoms with Crippen LogP contribution >= 0.6 is 0 Å². The van der Waals surface area contributed by atoms with Crippen molar-refractivity contribution in [2.75, 3.05) is 17.2 Å². The van der Waals surface area contributed by atoms with Gasteiger partial charge >= 0.3 is 0 Å². The second-order valence-corrected chi connectivity index (χ2v) is 11.6. The number of pyridine rings is 1.